The van der Waals surface area contributed by atoms with E-state index in [2.05, 4.69) is 29.3 Å². The summed E-state index contributed by atoms with van der Waals surface area (Å²) in [6.07, 6.45) is 2.46. The first-order valence-electron chi connectivity index (χ1n) is 10.2. The number of anilines is 2. The highest BCUT2D eigenvalue weighted by molar-refractivity contribution is 5.93. The Hall–Kier alpha value is -3.08. The third-order valence-corrected chi connectivity index (χ3v) is 5.43. The zero-order valence-electron chi connectivity index (χ0n) is 17.0. The van der Waals surface area contributed by atoms with Crippen LogP contribution in [-0.2, 0) is 4.79 Å². The van der Waals surface area contributed by atoms with Gasteiger partial charge in [-0.3, -0.25) is 4.79 Å². The number of carbonyl (C=O) groups excluding carboxylic acids is 1. The number of para-hydroxylation sites is 2. The maximum absolute atomic E-state index is 12.4. The number of benzene rings is 2. The van der Waals surface area contributed by atoms with Gasteiger partial charge in [-0.15, -0.1) is 0 Å². The molecule has 0 aliphatic carbocycles. The number of hydrogen-bond acceptors (Lipinski definition) is 4. The van der Waals surface area contributed by atoms with Crippen molar-refractivity contribution < 1.29 is 9.53 Å². The van der Waals surface area contributed by atoms with Crippen molar-refractivity contribution >= 4 is 28.3 Å². The van der Waals surface area contributed by atoms with Crippen molar-refractivity contribution in [3.8, 4) is 5.75 Å². The van der Waals surface area contributed by atoms with Crippen LogP contribution in [0.3, 0.4) is 0 Å². The van der Waals surface area contributed by atoms with Crippen molar-refractivity contribution in [2.75, 3.05) is 29.9 Å². The molecular formula is C24H27N3O2. The Labute approximate surface area is 171 Å². The average molecular weight is 389 g/mol. The summed E-state index contributed by atoms with van der Waals surface area (Å²) in [6.45, 7) is 6.26. The predicted molar refractivity (Wildman–Crippen MR) is 118 cm³/mol. The molecule has 1 unspecified atom stereocenters. The molecule has 4 rings (SSSR count). The van der Waals surface area contributed by atoms with Crippen molar-refractivity contribution in [1.29, 1.82) is 0 Å². The zero-order chi connectivity index (χ0) is 20.2. The van der Waals surface area contributed by atoms with Gasteiger partial charge in [-0.25, -0.2) is 4.98 Å². The summed E-state index contributed by atoms with van der Waals surface area (Å²) in [5, 5.41) is 3.91. The van der Waals surface area contributed by atoms with E-state index >= 15 is 0 Å². The van der Waals surface area contributed by atoms with E-state index in [1.165, 1.54) is 12.8 Å². The molecule has 150 valence electrons. The van der Waals surface area contributed by atoms with Gasteiger partial charge in [0.25, 0.3) is 5.91 Å². The van der Waals surface area contributed by atoms with Gasteiger partial charge >= 0.3 is 0 Å². The van der Waals surface area contributed by atoms with Gasteiger partial charge in [0.05, 0.1) is 0 Å². The van der Waals surface area contributed by atoms with Crippen LogP contribution in [0, 0.1) is 12.8 Å². The largest absolute Gasteiger partial charge is 0.481 e. The molecule has 1 aliphatic rings. The molecule has 5 heteroatoms. The standard InChI is InChI=1S/C24H27N3O2/c1-17-7-6-14-27(15-17)22-13-12-19-9-5-11-21(24(19)26-22)29-16-23(28)25-20-10-4-3-8-18(20)2/h3-5,8-13,17H,6-7,14-16H2,1-2H3,(H,25,28). The van der Waals surface area contributed by atoms with Gasteiger partial charge in [0.1, 0.15) is 17.1 Å². The lowest BCUT2D eigenvalue weighted by molar-refractivity contribution is -0.118. The number of ether oxygens (including phenoxy) is 1. The molecular weight excluding hydrogens is 362 g/mol. The summed E-state index contributed by atoms with van der Waals surface area (Å²) in [5.41, 5.74) is 2.62. The second-order valence-electron chi connectivity index (χ2n) is 7.84. The summed E-state index contributed by atoms with van der Waals surface area (Å²) in [5.74, 6) is 2.11. The maximum atomic E-state index is 12.4. The van der Waals surface area contributed by atoms with E-state index in [4.69, 9.17) is 9.72 Å². The fourth-order valence-electron chi connectivity index (χ4n) is 3.84. The normalized spacial score (nSPS) is 16.6. The Balaban J connectivity index is 1.50. The quantitative estimate of drug-likeness (QED) is 0.681. The minimum atomic E-state index is -0.183. The Morgan fingerprint density at radius 3 is 2.86 bits per heavy atom. The molecule has 1 atom stereocenters. The Morgan fingerprint density at radius 2 is 2.03 bits per heavy atom. The number of pyridine rings is 1. The van der Waals surface area contributed by atoms with Crippen LogP contribution < -0.4 is 15.0 Å². The highest BCUT2D eigenvalue weighted by Crippen LogP contribution is 2.28. The van der Waals surface area contributed by atoms with Gasteiger partial charge in [0.2, 0.25) is 0 Å². The van der Waals surface area contributed by atoms with E-state index in [9.17, 15) is 4.79 Å². The molecule has 2 aromatic carbocycles. The topological polar surface area (TPSA) is 54.5 Å². The van der Waals surface area contributed by atoms with Crippen LogP contribution in [-0.4, -0.2) is 30.6 Å². The van der Waals surface area contributed by atoms with E-state index in [0.29, 0.717) is 11.7 Å². The second kappa shape index (κ2) is 8.52. The van der Waals surface area contributed by atoms with Crippen LogP contribution >= 0.6 is 0 Å². The number of aryl methyl sites for hydroxylation is 1. The monoisotopic (exact) mass is 389 g/mol. The molecule has 0 saturated carbocycles. The van der Waals surface area contributed by atoms with Crippen LogP contribution in [0.15, 0.2) is 54.6 Å². The average Bonchev–Trinajstić information content (AvgIpc) is 2.73. The van der Waals surface area contributed by atoms with E-state index in [-0.39, 0.29) is 12.5 Å². The van der Waals surface area contributed by atoms with E-state index in [1.807, 2.05) is 49.4 Å². The highest BCUT2D eigenvalue weighted by Gasteiger charge is 2.18. The van der Waals surface area contributed by atoms with E-state index < -0.39 is 0 Å². The molecule has 1 amide bonds. The Morgan fingerprint density at radius 1 is 1.17 bits per heavy atom. The fourth-order valence-corrected chi connectivity index (χ4v) is 3.84. The lowest BCUT2D eigenvalue weighted by Gasteiger charge is -2.32. The third kappa shape index (κ3) is 4.50. The molecule has 1 fully saturated rings. The molecule has 0 radical (unpaired) electrons. The van der Waals surface area contributed by atoms with Gasteiger partial charge in [0, 0.05) is 24.2 Å². The SMILES string of the molecule is Cc1ccccc1NC(=O)COc1cccc2ccc(N3CCCC(C)C3)nc12. The molecule has 0 bridgehead atoms. The minimum absolute atomic E-state index is 0.0555. The number of hydrogen-bond donors (Lipinski definition) is 1. The Kier molecular flexibility index (Phi) is 5.65. The number of nitrogens with zero attached hydrogens (tertiary/aromatic N) is 2. The third-order valence-electron chi connectivity index (χ3n) is 5.43. The molecule has 1 N–H and O–H groups in total. The molecule has 5 nitrogen and oxygen atoms in total. The van der Waals surface area contributed by atoms with E-state index in [0.717, 1.165) is 41.1 Å². The number of piperidine rings is 1. The van der Waals surface area contributed by atoms with Crippen molar-refractivity contribution in [3.05, 3.63) is 60.2 Å². The first-order chi connectivity index (χ1) is 14.1. The van der Waals surface area contributed by atoms with Crippen LogP contribution in [0.5, 0.6) is 5.75 Å². The summed E-state index contributed by atoms with van der Waals surface area (Å²) in [7, 11) is 0. The summed E-state index contributed by atoms with van der Waals surface area (Å²) in [4.78, 5) is 19.6. The molecule has 1 aliphatic heterocycles. The van der Waals surface area contributed by atoms with Crippen molar-refractivity contribution in [1.82, 2.24) is 4.98 Å². The smallest absolute Gasteiger partial charge is 0.262 e. The first-order valence-corrected chi connectivity index (χ1v) is 10.2. The van der Waals surface area contributed by atoms with Gasteiger partial charge in [-0.2, -0.15) is 0 Å². The van der Waals surface area contributed by atoms with Crippen molar-refractivity contribution in [2.24, 2.45) is 5.92 Å². The molecule has 1 saturated heterocycles. The number of aromatic nitrogens is 1. The fraction of sp³-hybridized carbons (Fsp3) is 0.333. The molecule has 1 aromatic heterocycles. The van der Waals surface area contributed by atoms with Gasteiger partial charge < -0.3 is 15.0 Å². The minimum Gasteiger partial charge on any atom is -0.481 e. The summed E-state index contributed by atoms with van der Waals surface area (Å²) < 4.78 is 5.86. The predicted octanol–water partition coefficient (Wildman–Crippen LogP) is 4.80. The van der Waals surface area contributed by atoms with Crippen LogP contribution in [0.2, 0.25) is 0 Å². The van der Waals surface area contributed by atoms with Crippen molar-refractivity contribution in [3.63, 3.8) is 0 Å². The van der Waals surface area contributed by atoms with Gasteiger partial charge in [-0.1, -0.05) is 37.3 Å². The number of carbonyl (C=O) groups is 1. The summed E-state index contributed by atoms with van der Waals surface area (Å²) >= 11 is 0. The van der Waals surface area contributed by atoms with Crippen LogP contribution in [0.25, 0.3) is 10.9 Å². The van der Waals surface area contributed by atoms with Gasteiger partial charge in [0.15, 0.2) is 6.61 Å². The number of rotatable bonds is 5. The lowest BCUT2D eigenvalue weighted by atomic mass is 10.0. The molecule has 0 spiro atoms. The number of amides is 1. The molecule has 3 aromatic rings. The number of fused-ring (bicyclic) bond motifs is 1. The van der Waals surface area contributed by atoms with E-state index in [1.54, 1.807) is 0 Å². The molecule has 2 heterocycles. The van der Waals surface area contributed by atoms with Gasteiger partial charge in [-0.05, 0) is 55.5 Å². The van der Waals surface area contributed by atoms with Crippen LogP contribution in [0.1, 0.15) is 25.3 Å². The lowest BCUT2D eigenvalue weighted by Crippen LogP contribution is -2.34. The summed E-state index contributed by atoms with van der Waals surface area (Å²) in [6, 6.07) is 17.7. The van der Waals surface area contributed by atoms with Crippen molar-refractivity contribution in [2.45, 2.75) is 26.7 Å². The maximum Gasteiger partial charge on any atom is 0.262 e. The first kappa shape index (κ1) is 19.2. The second-order valence-corrected chi connectivity index (χ2v) is 7.84. The zero-order valence-corrected chi connectivity index (χ0v) is 17.0. The van der Waals surface area contributed by atoms with Crippen LogP contribution in [0.4, 0.5) is 11.5 Å². The Bertz CT molecular complexity index is 1020. The molecule has 29 heavy (non-hydrogen) atoms. The number of nitrogens with one attached hydrogen (secondary N) is 1. The highest BCUT2D eigenvalue weighted by atomic mass is 16.5.